The summed E-state index contributed by atoms with van der Waals surface area (Å²) < 4.78 is 5.21. The fourth-order valence-electron chi connectivity index (χ4n) is 1.09. The normalized spacial score (nSPS) is 24.6. The number of hydrogen-bond donors (Lipinski definition) is 0. The van der Waals surface area contributed by atoms with Gasteiger partial charge in [0.1, 0.15) is 6.61 Å². The zero-order chi connectivity index (χ0) is 7.94. The Balaban J connectivity index is 2.01. The van der Waals surface area contributed by atoms with Crippen LogP contribution in [-0.4, -0.2) is 26.0 Å². The monoisotopic (exact) mass is 157 g/mol. The van der Waals surface area contributed by atoms with Gasteiger partial charge in [-0.05, 0) is 25.7 Å². The summed E-state index contributed by atoms with van der Waals surface area (Å²) in [6.07, 6.45) is 3.99. The minimum absolute atomic E-state index is 0.650. The average molecular weight is 157 g/mol. The second-order valence-electron chi connectivity index (χ2n) is 2.67. The molecule has 0 aromatic rings. The molecule has 1 aliphatic rings. The van der Waals surface area contributed by atoms with Gasteiger partial charge in [-0.2, -0.15) is 0 Å². The highest BCUT2D eigenvalue weighted by atomic mass is 16.6. The maximum absolute atomic E-state index is 5.21. The van der Waals surface area contributed by atoms with Crippen LogP contribution in [-0.2, 0) is 9.57 Å². The largest absolute Gasteiger partial charge is 0.396 e. The van der Waals surface area contributed by atoms with Gasteiger partial charge in [-0.3, -0.25) is 0 Å². The van der Waals surface area contributed by atoms with Gasteiger partial charge in [0, 0.05) is 19.4 Å². The molecule has 1 fully saturated rings. The summed E-state index contributed by atoms with van der Waals surface area (Å²) >= 11 is 0. The van der Waals surface area contributed by atoms with Crippen LogP contribution in [0.5, 0.6) is 0 Å². The van der Waals surface area contributed by atoms with Crippen LogP contribution < -0.4 is 0 Å². The Labute approximate surface area is 67.4 Å². The molecule has 64 valence electrons. The second-order valence-corrected chi connectivity index (χ2v) is 2.67. The number of rotatable bonds is 4. The zero-order valence-electron chi connectivity index (χ0n) is 6.95. The summed E-state index contributed by atoms with van der Waals surface area (Å²) in [6, 6.07) is 0. The van der Waals surface area contributed by atoms with Gasteiger partial charge in [0.2, 0.25) is 0 Å². The molecule has 11 heavy (non-hydrogen) atoms. The lowest BCUT2D eigenvalue weighted by Crippen LogP contribution is -1.99. The molecule has 1 saturated heterocycles. The molecule has 0 N–H and O–H groups in total. The van der Waals surface area contributed by atoms with Crippen molar-refractivity contribution in [1.29, 1.82) is 0 Å². The van der Waals surface area contributed by atoms with Gasteiger partial charge in [0.05, 0.1) is 0 Å². The molecule has 0 bridgehead atoms. The van der Waals surface area contributed by atoms with Crippen LogP contribution in [0.3, 0.4) is 0 Å². The molecule has 0 aliphatic carbocycles. The van der Waals surface area contributed by atoms with Gasteiger partial charge in [-0.15, -0.1) is 0 Å². The molecule has 0 aromatic heterocycles. The fourth-order valence-corrected chi connectivity index (χ4v) is 1.09. The van der Waals surface area contributed by atoms with E-state index in [2.05, 4.69) is 5.16 Å². The van der Waals surface area contributed by atoms with Crippen molar-refractivity contribution in [2.24, 2.45) is 11.1 Å². The standard InChI is InChI=1S/C8H15NO2/c1-2-11-9-5-3-8-4-6-10-7-8/h5,8H,2-4,6-7H2,1H3/b9-5+. The van der Waals surface area contributed by atoms with Crippen molar-refractivity contribution in [1.82, 2.24) is 0 Å². The molecule has 3 heteroatoms. The molecular formula is C8H15NO2. The van der Waals surface area contributed by atoms with Crippen LogP contribution in [0.25, 0.3) is 0 Å². The predicted octanol–water partition coefficient (Wildman–Crippen LogP) is 1.44. The molecule has 1 rings (SSSR count). The molecule has 0 amide bonds. The summed E-state index contributed by atoms with van der Waals surface area (Å²) in [6.45, 7) is 4.37. The Morgan fingerprint density at radius 1 is 1.73 bits per heavy atom. The van der Waals surface area contributed by atoms with E-state index in [1.54, 1.807) is 0 Å². The van der Waals surface area contributed by atoms with Crippen molar-refractivity contribution in [3.05, 3.63) is 0 Å². The van der Waals surface area contributed by atoms with Gasteiger partial charge >= 0.3 is 0 Å². The maximum atomic E-state index is 5.21. The third-order valence-corrected chi connectivity index (χ3v) is 1.74. The van der Waals surface area contributed by atoms with Crippen molar-refractivity contribution >= 4 is 6.21 Å². The molecule has 0 radical (unpaired) electrons. The summed E-state index contributed by atoms with van der Waals surface area (Å²) in [4.78, 5) is 4.82. The van der Waals surface area contributed by atoms with Crippen molar-refractivity contribution in [2.75, 3.05) is 19.8 Å². The quantitative estimate of drug-likeness (QED) is 0.456. The Kier molecular flexibility index (Phi) is 3.98. The first-order valence-electron chi connectivity index (χ1n) is 4.15. The minimum Gasteiger partial charge on any atom is -0.396 e. The topological polar surface area (TPSA) is 30.8 Å². The van der Waals surface area contributed by atoms with Gasteiger partial charge in [-0.25, -0.2) is 0 Å². The Morgan fingerprint density at radius 2 is 2.64 bits per heavy atom. The predicted molar refractivity (Wildman–Crippen MR) is 43.7 cm³/mol. The lowest BCUT2D eigenvalue weighted by atomic mass is 10.1. The fraction of sp³-hybridized carbons (Fsp3) is 0.875. The highest BCUT2D eigenvalue weighted by Crippen LogP contribution is 2.14. The molecule has 1 unspecified atom stereocenters. The highest BCUT2D eigenvalue weighted by Gasteiger charge is 2.13. The first-order chi connectivity index (χ1) is 5.43. The van der Waals surface area contributed by atoms with Gasteiger partial charge in [0.15, 0.2) is 0 Å². The van der Waals surface area contributed by atoms with Crippen LogP contribution in [0.15, 0.2) is 5.16 Å². The lowest BCUT2D eigenvalue weighted by Gasteiger charge is -1.99. The molecule has 1 atom stereocenters. The smallest absolute Gasteiger partial charge is 0.114 e. The number of oxime groups is 1. The van der Waals surface area contributed by atoms with E-state index in [0.29, 0.717) is 12.5 Å². The van der Waals surface area contributed by atoms with Crippen LogP contribution in [0.1, 0.15) is 19.8 Å². The first kappa shape index (κ1) is 8.53. The highest BCUT2D eigenvalue weighted by molar-refractivity contribution is 5.56. The summed E-state index contributed by atoms with van der Waals surface area (Å²) in [7, 11) is 0. The molecular weight excluding hydrogens is 142 g/mol. The van der Waals surface area contributed by atoms with E-state index in [0.717, 1.165) is 26.1 Å². The van der Waals surface area contributed by atoms with Crippen LogP contribution in [0, 0.1) is 5.92 Å². The average Bonchev–Trinajstić information content (AvgIpc) is 2.50. The lowest BCUT2D eigenvalue weighted by molar-refractivity contribution is 0.159. The molecule has 1 heterocycles. The molecule has 3 nitrogen and oxygen atoms in total. The van der Waals surface area contributed by atoms with E-state index in [9.17, 15) is 0 Å². The Morgan fingerprint density at radius 3 is 3.27 bits per heavy atom. The van der Waals surface area contributed by atoms with Crippen molar-refractivity contribution in [2.45, 2.75) is 19.8 Å². The van der Waals surface area contributed by atoms with E-state index < -0.39 is 0 Å². The maximum Gasteiger partial charge on any atom is 0.114 e. The first-order valence-corrected chi connectivity index (χ1v) is 4.15. The molecule has 1 aliphatic heterocycles. The Bertz CT molecular complexity index is 119. The number of hydrogen-bond acceptors (Lipinski definition) is 3. The van der Waals surface area contributed by atoms with Crippen molar-refractivity contribution < 1.29 is 9.57 Å². The van der Waals surface area contributed by atoms with Gasteiger partial charge < -0.3 is 9.57 Å². The van der Waals surface area contributed by atoms with E-state index in [4.69, 9.17) is 9.57 Å². The Hall–Kier alpha value is -0.570. The van der Waals surface area contributed by atoms with E-state index in [-0.39, 0.29) is 0 Å². The third-order valence-electron chi connectivity index (χ3n) is 1.74. The SMILES string of the molecule is CCO/N=C/CC1CCOC1. The molecule has 0 spiro atoms. The van der Waals surface area contributed by atoms with Gasteiger partial charge in [-0.1, -0.05) is 5.16 Å². The second kappa shape index (κ2) is 5.13. The van der Waals surface area contributed by atoms with E-state index in [1.807, 2.05) is 13.1 Å². The summed E-state index contributed by atoms with van der Waals surface area (Å²) in [5, 5.41) is 3.77. The molecule has 0 saturated carbocycles. The van der Waals surface area contributed by atoms with E-state index in [1.165, 1.54) is 0 Å². The molecule has 0 aromatic carbocycles. The van der Waals surface area contributed by atoms with Crippen LogP contribution in [0.2, 0.25) is 0 Å². The third kappa shape index (κ3) is 3.37. The minimum atomic E-state index is 0.650. The van der Waals surface area contributed by atoms with Crippen molar-refractivity contribution in [3.63, 3.8) is 0 Å². The summed E-state index contributed by atoms with van der Waals surface area (Å²) in [5.41, 5.74) is 0. The van der Waals surface area contributed by atoms with E-state index >= 15 is 0 Å². The van der Waals surface area contributed by atoms with Crippen LogP contribution in [0.4, 0.5) is 0 Å². The number of nitrogens with zero attached hydrogens (tertiary/aromatic N) is 1. The van der Waals surface area contributed by atoms with Crippen LogP contribution >= 0.6 is 0 Å². The number of ether oxygens (including phenoxy) is 1. The summed E-state index contributed by atoms with van der Waals surface area (Å²) in [5.74, 6) is 0.666. The zero-order valence-corrected chi connectivity index (χ0v) is 6.95. The van der Waals surface area contributed by atoms with Gasteiger partial charge in [0.25, 0.3) is 0 Å². The van der Waals surface area contributed by atoms with Crippen molar-refractivity contribution in [3.8, 4) is 0 Å².